The van der Waals surface area contributed by atoms with Crippen LogP contribution in [0.25, 0.3) is 0 Å². The van der Waals surface area contributed by atoms with Crippen molar-refractivity contribution in [1.29, 1.82) is 5.26 Å². The summed E-state index contributed by atoms with van der Waals surface area (Å²) in [6.07, 6.45) is 1.50. The Labute approximate surface area is 168 Å². The number of ether oxygens (including phenoxy) is 1. The number of fused-ring (bicyclic) bond motifs is 1. The van der Waals surface area contributed by atoms with Gasteiger partial charge in [-0.15, -0.1) is 0 Å². The summed E-state index contributed by atoms with van der Waals surface area (Å²) < 4.78 is 7.20. The standard InChI is InChI=1S/C22H19N5O2/c1-14-19(22(28)26-16-8-4-3-5-9-16)20(17-10-6-7-11-18(17)29-2)27-21(25-14)15(12-23)13-24-27/h3-11,13,20,25H,1-2H3,(H,26,28)/t20-/m1/s1. The van der Waals surface area contributed by atoms with E-state index in [9.17, 15) is 10.1 Å². The Hall–Kier alpha value is -4.05. The maximum Gasteiger partial charge on any atom is 0.255 e. The van der Waals surface area contributed by atoms with Gasteiger partial charge in [-0.05, 0) is 25.1 Å². The lowest BCUT2D eigenvalue weighted by Crippen LogP contribution is -2.31. The van der Waals surface area contributed by atoms with E-state index in [2.05, 4.69) is 21.8 Å². The van der Waals surface area contributed by atoms with E-state index < -0.39 is 6.04 Å². The molecule has 1 aromatic heterocycles. The van der Waals surface area contributed by atoms with Crippen LogP contribution in [0.4, 0.5) is 11.5 Å². The Kier molecular flexibility index (Phi) is 4.75. The average molecular weight is 385 g/mol. The van der Waals surface area contributed by atoms with Gasteiger partial charge in [0.25, 0.3) is 5.91 Å². The van der Waals surface area contributed by atoms with Gasteiger partial charge >= 0.3 is 0 Å². The molecule has 0 spiro atoms. The summed E-state index contributed by atoms with van der Waals surface area (Å²) in [5, 5.41) is 19.9. The molecule has 7 heteroatoms. The molecule has 29 heavy (non-hydrogen) atoms. The second-order valence-corrected chi connectivity index (χ2v) is 6.59. The van der Waals surface area contributed by atoms with Gasteiger partial charge in [0.1, 0.15) is 29.2 Å². The fourth-order valence-electron chi connectivity index (χ4n) is 3.53. The van der Waals surface area contributed by atoms with Crippen molar-refractivity contribution in [2.75, 3.05) is 17.7 Å². The Morgan fingerprint density at radius 1 is 1.21 bits per heavy atom. The predicted octanol–water partition coefficient (Wildman–Crippen LogP) is 3.69. The molecular formula is C22H19N5O2. The normalized spacial score (nSPS) is 15.1. The number of allylic oxidation sites excluding steroid dienone is 1. The van der Waals surface area contributed by atoms with Gasteiger partial charge < -0.3 is 15.4 Å². The molecule has 2 aromatic carbocycles. The number of aromatic nitrogens is 2. The van der Waals surface area contributed by atoms with Gasteiger partial charge in [-0.25, -0.2) is 4.68 Å². The van der Waals surface area contributed by atoms with E-state index in [0.29, 0.717) is 34.1 Å². The molecule has 0 aliphatic carbocycles. The highest BCUT2D eigenvalue weighted by Gasteiger charge is 2.35. The molecule has 1 aliphatic rings. The molecule has 2 heterocycles. The van der Waals surface area contributed by atoms with Crippen molar-refractivity contribution in [1.82, 2.24) is 9.78 Å². The first-order valence-corrected chi connectivity index (χ1v) is 9.08. The summed E-state index contributed by atoms with van der Waals surface area (Å²) in [6.45, 7) is 1.82. The summed E-state index contributed by atoms with van der Waals surface area (Å²) in [5.41, 5.74) is 3.03. The zero-order valence-electron chi connectivity index (χ0n) is 16.0. The third kappa shape index (κ3) is 3.21. The summed E-state index contributed by atoms with van der Waals surface area (Å²) in [6, 6.07) is 18.4. The smallest absolute Gasteiger partial charge is 0.255 e. The van der Waals surface area contributed by atoms with Crippen molar-refractivity contribution in [3.8, 4) is 11.8 Å². The first-order valence-electron chi connectivity index (χ1n) is 9.08. The lowest BCUT2D eigenvalue weighted by molar-refractivity contribution is -0.113. The number of benzene rings is 2. The number of hydrogen-bond donors (Lipinski definition) is 2. The van der Waals surface area contributed by atoms with Gasteiger partial charge in [0, 0.05) is 16.9 Å². The minimum absolute atomic E-state index is 0.253. The quantitative estimate of drug-likeness (QED) is 0.715. The molecule has 7 nitrogen and oxygen atoms in total. The average Bonchev–Trinajstić information content (AvgIpc) is 3.15. The summed E-state index contributed by atoms with van der Waals surface area (Å²) in [5.74, 6) is 0.936. The van der Waals surface area contributed by atoms with Crippen molar-refractivity contribution in [2.24, 2.45) is 0 Å². The van der Waals surface area contributed by atoms with Crippen molar-refractivity contribution in [3.05, 3.63) is 83.2 Å². The SMILES string of the molecule is COc1ccccc1[C@@H]1C(C(=O)Nc2ccccc2)=C(C)Nc2c(C#N)cnn21. The molecule has 0 fully saturated rings. The number of carbonyl (C=O) groups is 1. The third-order valence-corrected chi connectivity index (χ3v) is 4.85. The molecule has 0 unspecified atom stereocenters. The molecule has 1 amide bonds. The summed E-state index contributed by atoms with van der Waals surface area (Å²) in [7, 11) is 1.59. The van der Waals surface area contributed by atoms with E-state index >= 15 is 0 Å². The topological polar surface area (TPSA) is 92.0 Å². The summed E-state index contributed by atoms with van der Waals surface area (Å²) in [4.78, 5) is 13.3. The third-order valence-electron chi connectivity index (χ3n) is 4.85. The van der Waals surface area contributed by atoms with E-state index in [1.165, 1.54) is 6.20 Å². The lowest BCUT2D eigenvalue weighted by atomic mass is 9.93. The minimum Gasteiger partial charge on any atom is -0.496 e. The molecule has 1 atom stereocenters. The van der Waals surface area contributed by atoms with E-state index in [1.807, 2.05) is 61.5 Å². The van der Waals surface area contributed by atoms with Crippen LogP contribution in [0.1, 0.15) is 24.1 Å². The molecule has 3 aromatic rings. The monoisotopic (exact) mass is 385 g/mol. The molecule has 4 rings (SSSR count). The maximum absolute atomic E-state index is 13.3. The van der Waals surface area contributed by atoms with E-state index in [4.69, 9.17) is 4.74 Å². The zero-order valence-corrected chi connectivity index (χ0v) is 16.0. The molecule has 0 saturated carbocycles. The molecule has 144 valence electrons. The molecule has 1 aliphatic heterocycles. The highest BCUT2D eigenvalue weighted by Crippen LogP contribution is 2.40. The van der Waals surface area contributed by atoms with Gasteiger partial charge in [-0.2, -0.15) is 10.4 Å². The number of nitrogens with zero attached hydrogens (tertiary/aromatic N) is 3. The largest absolute Gasteiger partial charge is 0.496 e. The Balaban J connectivity index is 1.86. The molecule has 2 N–H and O–H groups in total. The highest BCUT2D eigenvalue weighted by atomic mass is 16.5. The van der Waals surface area contributed by atoms with Crippen LogP contribution in [-0.2, 0) is 4.79 Å². The van der Waals surface area contributed by atoms with Gasteiger partial charge in [0.2, 0.25) is 0 Å². The maximum atomic E-state index is 13.3. The van der Waals surface area contributed by atoms with Crippen LogP contribution in [0.3, 0.4) is 0 Å². The zero-order chi connectivity index (χ0) is 20.4. The van der Waals surface area contributed by atoms with Crippen LogP contribution in [0.2, 0.25) is 0 Å². The molecular weight excluding hydrogens is 366 g/mol. The molecule has 0 bridgehead atoms. The summed E-state index contributed by atoms with van der Waals surface area (Å²) >= 11 is 0. The number of nitriles is 1. The van der Waals surface area contributed by atoms with Crippen LogP contribution in [0.5, 0.6) is 5.75 Å². The number of hydrogen-bond acceptors (Lipinski definition) is 5. The first-order chi connectivity index (χ1) is 14.1. The van der Waals surface area contributed by atoms with Crippen LogP contribution >= 0.6 is 0 Å². The second kappa shape index (κ2) is 7.52. The minimum atomic E-state index is -0.548. The number of nitrogens with one attached hydrogen (secondary N) is 2. The van der Waals surface area contributed by atoms with Gasteiger partial charge in [0.15, 0.2) is 0 Å². The number of anilines is 2. The number of carbonyl (C=O) groups excluding carboxylic acids is 1. The lowest BCUT2D eigenvalue weighted by Gasteiger charge is -2.30. The van der Waals surface area contributed by atoms with Gasteiger partial charge in [-0.1, -0.05) is 36.4 Å². The molecule has 0 radical (unpaired) electrons. The predicted molar refractivity (Wildman–Crippen MR) is 109 cm³/mol. The van der Waals surface area contributed by atoms with Crippen molar-refractivity contribution in [2.45, 2.75) is 13.0 Å². The van der Waals surface area contributed by atoms with Crippen LogP contribution < -0.4 is 15.4 Å². The number of methoxy groups -OCH3 is 1. The Morgan fingerprint density at radius 3 is 2.66 bits per heavy atom. The van der Waals surface area contributed by atoms with Crippen molar-refractivity contribution in [3.63, 3.8) is 0 Å². The Morgan fingerprint density at radius 2 is 1.93 bits per heavy atom. The van der Waals surface area contributed by atoms with Crippen LogP contribution in [0, 0.1) is 11.3 Å². The number of amides is 1. The van der Waals surface area contributed by atoms with E-state index in [-0.39, 0.29) is 5.91 Å². The van der Waals surface area contributed by atoms with Crippen LogP contribution in [-0.4, -0.2) is 22.8 Å². The van der Waals surface area contributed by atoms with Gasteiger partial charge in [-0.3, -0.25) is 4.79 Å². The fraction of sp³-hybridized carbons (Fsp3) is 0.136. The van der Waals surface area contributed by atoms with Gasteiger partial charge in [0.05, 0.1) is 18.9 Å². The van der Waals surface area contributed by atoms with E-state index in [1.54, 1.807) is 11.8 Å². The van der Waals surface area contributed by atoms with E-state index in [0.717, 1.165) is 5.56 Å². The van der Waals surface area contributed by atoms with Crippen LogP contribution in [0.15, 0.2) is 72.1 Å². The molecule has 0 saturated heterocycles. The number of para-hydroxylation sites is 2. The fourth-order valence-corrected chi connectivity index (χ4v) is 3.53. The van der Waals surface area contributed by atoms with Crippen molar-refractivity contribution >= 4 is 17.4 Å². The second-order valence-electron chi connectivity index (χ2n) is 6.59. The highest BCUT2D eigenvalue weighted by molar-refractivity contribution is 6.06. The Bertz CT molecular complexity index is 1140. The van der Waals surface area contributed by atoms with Crippen molar-refractivity contribution < 1.29 is 9.53 Å². The number of rotatable bonds is 4. The first kappa shape index (κ1) is 18.3.